The Kier molecular flexibility index (Phi) is 1.39. The van der Waals surface area contributed by atoms with Crippen molar-refractivity contribution >= 4 is 0 Å². The van der Waals surface area contributed by atoms with Crippen molar-refractivity contribution in [3.8, 4) is 0 Å². The zero-order valence-corrected chi connectivity index (χ0v) is 7.86. The average Bonchev–Trinajstić information content (AvgIpc) is 2.57. The summed E-state index contributed by atoms with van der Waals surface area (Å²) in [6, 6.07) is 0. The van der Waals surface area contributed by atoms with Crippen molar-refractivity contribution in [2.24, 2.45) is 10.8 Å². The van der Waals surface area contributed by atoms with Gasteiger partial charge in [0.1, 0.15) is 0 Å². The molecule has 0 radical (unpaired) electrons. The van der Waals surface area contributed by atoms with E-state index in [4.69, 9.17) is 0 Å². The molecule has 2 aliphatic carbocycles. The van der Waals surface area contributed by atoms with Gasteiger partial charge in [-0.3, -0.25) is 0 Å². The maximum atomic E-state index is 3.58. The molecule has 2 spiro atoms. The number of hydrogen-bond acceptors (Lipinski definition) is 1. The summed E-state index contributed by atoms with van der Waals surface area (Å²) in [6.45, 7) is 2.63. The van der Waals surface area contributed by atoms with Gasteiger partial charge in [-0.1, -0.05) is 12.8 Å². The van der Waals surface area contributed by atoms with Crippen LogP contribution in [-0.4, -0.2) is 13.1 Å². The van der Waals surface area contributed by atoms with Crippen LogP contribution in [0.4, 0.5) is 0 Å². The predicted octanol–water partition coefficient (Wildman–Crippen LogP) is 2.32. The van der Waals surface area contributed by atoms with E-state index in [-0.39, 0.29) is 0 Å². The highest BCUT2D eigenvalue weighted by Crippen LogP contribution is 2.65. The molecule has 1 nitrogen and oxygen atoms in total. The monoisotopic (exact) mass is 165 g/mol. The van der Waals surface area contributed by atoms with E-state index in [0.29, 0.717) is 0 Å². The van der Waals surface area contributed by atoms with Gasteiger partial charge in [-0.05, 0) is 49.5 Å². The smallest absolute Gasteiger partial charge is 0.00136 e. The fourth-order valence-electron chi connectivity index (χ4n) is 4.09. The Morgan fingerprint density at radius 1 is 0.750 bits per heavy atom. The molecule has 1 heterocycles. The summed E-state index contributed by atoms with van der Waals surface area (Å²) in [6.07, 6.45) is 10.7. The number of hydrogen-bond donors (Lipinski definition) is 1. The van der Waals surface area contributed by atoms with Crippen molar-refractivity contribution in [1.29, 1.82) is 0 Å². The Morgan fingerprint density at radius 2 is 1.42 bits per heavy atom. The van der Waals surface area contributed by atoms with Crippen molar-refractivity contribution in [3.63, 3.8) is 0 Å². The molecule has 1 saturated heterocycles. The van der Waals surface area contributed by atoms with Crippen molar-refractivity contribution < 1.29 is 0 Å². The quantitative estimate of drug-likeness (QED) is 0.581. The number of fused-ring (bicyclic) bond motifs is 1. The van der Waals surface area contributed by atoms with Crippen molar-refractivity contribution in [3.05, 3.63) is 0 Å². The van der Waals surface area contributed by atoms with Crippen LogP contribution in [-0.2, 0) is 0 Å². The highest BCUT2D eigenvalue weighted by atomic mass is 14.9. The molecule has 0 aromatic heterocycles. The van der Waals surface area contributed by atoms with E-state index < -0.39 is 0 Å². The van der Waals surface area contributed by atoms with Crippen molar-refractivity contribution in [2.75, 3.05) is 13.1 Å². The standard InChI is InChI=1S/C11H19N/c1-3-10(4-1)5-2-6-11(10)7-8-12-9-11/h12H,1-9H2. The summed E-state index contributed by atoms with van der Waals surface area (Å²) in [4.78, 5) is 0. The van der Waals surface area contributed by atoms with Crippen molar-refractivity contribution in [2.45, 2.75) is 44.9 Å². The summed E-state index contributed by atoms with van der Waals surface area (Å²) in [5, 5.41) is 3.58. The van der Waals surface area contributed by atoms with E-state index in [1.165, 1.54) is 38.8 Å². The van der Waals surface area contributed by atoms with Gasteiger partial charge in [0, 0.05) is 6.54 Å². The Morgan fingerprint density at radius 3 is 2.00 bits per heavy atom. The minimum Gasteiger partial charge on any atom is -0.316 e. The topological polar surface area (TPSA) is 12.0 Å². The van der Waals surface area contributed by atoms with Gasteiger partial charge in [0.25, 0.3) is 0 Å². The molecule has 0 aromatic carbocycles. The fraction of sp³-hybridized carbons (Fsp3) is 1.00. The van der Waals surface area contributed by atoms with Crippen LogP contribution in [0, 0.1) is 10.8 Å². The average molecular weight is 165 g/mol. The predicted molar refractivity (Wildman–Crippen MR) is 50.1 cm³/mol. The normalized spacial score (nSPS) is 44.0. The highest BCUT2D eigenvalue weighted by molar-refractivity contribution is 5.09. The zero-order chi connectivity index (χ0) is 8.07. The van der Waals surface area contributed by atoms with E-state index >= 15 is 0 Å². The minimum absolute atomic E-state index is 0.769. The molecule has 68 valence electrons. The van der Waals surface area contributed by atoms with Gasteiger partial charge in [-0.15, -0.1) is 0 Å². The molecular weight excluding hydrogens is 146 g/mol. The van der Waals surface area contributed by atoms with Crippen molar-refractivity contribution in [1.82, 2.24) is 5.32 Å². The Bertz CT molecular complexity index is 182. The zero-order valence-electron chi connectivity index (χ0n) is 7.86. The molecule has 1 unspecified atom stereocenters. The van der Waals surface area contributed by atoms with Gasteiger partial charge in [0.2, 0.25) is 0 Å². The first kappa shape index (κ1) is 7.37. The number of rotatable bonds is 0. The molecule has 1 aliphatic heterocycles. The van der Waals surface area contributed by atoms with Crippen LogP contribution in [0.2, 0.25) is 0 Å². The van der Waals surface area contributed by atoms with Gasteiger partial charge >= 0.3 is 0 Å². The summed E-state index contributed by atoms with van der Waals surface area (Å²) < 4.78 is 0. The van der Waals surface area contributed by atoms with Gasteiger partial charge in [0.15, 0.2) is 0 Å². The van der Waals surface area contributed by atoms with E-state index in [0.717, 1.165) is 10.8 Å². The third-order valence-electron chi connectivity index (χ3n) is 4.99. The van der Waals surface area contributed by atoms with E-state index in [9.17, 15) is 0 Å². The molecule has 2 saturated carbocycles. The third-order valence-corrected chi connectivity index (χ3v) is 4.99. The molecule has 3 fully saturated rings. The SMILES string of the molecule is C1CC2(C1)CCCC21CCNC1. The molecule has 0 aromatic rings. The van der Waals surface area contributed by atoms with Crippen LogP contribution >= 0.6 is 0 Å². The molecular formula is C11H19N. The molecule has 1 heteroatoms. The summed E-state index contributed by atoms with van der Waals surface area (Å²) in [7, 11) is 0. The van der Waals surface area contributed by atoms with Gasteiger partial charge < -0.3 is 5.32 Å². The molecule has 1 N–H and O–H groups in total. The molecule has 12 heavy (non-hydrogen) atoms. The fourth-order valence-corrected chi connectivity index (χ4v) is 4.09. The summed E-state index contributed by atoms with van der Waals surface area (Å²) in [5.41, 5.74) is 1.60. The Hall–Kier alpha value is -0.0400. The molecule has 0 amide bonds. The molecule has 3 aliphatic rings. The lowest BCUT2D eigenvalue weighted by Gasteiger charge is -2.50. The first-order valence-electron chi connectivity index (χ1n) is 5.58. The second-order valence-corrected chi connectivity index (χ2v) is 5.19. The van der Waals surface area contributed by atoms with Gasteiger partial charge in [-0.25, -0.2) is 0 Å². The third kappa shape index (κ3) is 0.693. The molecule has 3 rings (SSSR count). The van der Waals surface area contributed by atoms with Crippen LogP contribution in [0.5, 0.6) is 0 Å². The van der Waals surface area contributed by atoms with Crippen LogP contribution in [0.25, 0.3) is 0 Å². The lowest BCUT2D eigenvalue weighted by molar-refractivity contribution is 0.00369. The Labute approximate surface area is 74.9 Å². The molecule has 0 bridgehead atoms. The van der Waals surface area contributed by atoms with Gasteiger partial charge in [-0.2, -0.15) is 0 Å². The first-order valence-corrected chi connectivity index (χ1v) is 5.58. The molecule has 1 atom stereocenters. The Balaban J connectivity index is 1.91. The van der Waals surface area contributed by atoms with Gasteiger partial charge in [0.05, 0.1) is 0 Å². The van der Waals surface area contributed by atoms with Crippen LogP contribution in [0.15, 0.2) is 0 Å². The second-order valence-electron chi connectivity index (χ2n) is 5.19. The van der Waals surface area contributed by atoms with E-state index in [1.807, 2.05) is 0 Å². The van der Waals surface area contributed by atoms with E-state index in [2.05, 4.69) is 5.32 Å². The first-order chi connectivity index (χ1) is 5.87. The van der Waals surface area contributed by atoms with E-state index in [1.54, 1.807) is 19.3 Å². The largest absolute Gasteiger partial charge is 0.316 e. The summed E-state index contributed by atoms with van der Waals surface area (Å²) >= 11 is 0. The second kappa shape index (κ2) is 2.25. The highest BCUT2D eigenvalue weighted by Gasteiger charge is 2.57. The summed E-state index contributed by atoms with van der Waals surface area (Å²) in [5.74, 6) is 0. The minimum atomic E-state index is 0.769. The maximum Gasteiger partial charge on any atom is 0.00136 e. The lowest BCUT2D eigenvalue weighted by atomic mass is 9.54. The maximum absolute atomic E-state index is 3.58. The van der Waals surface area contributed by atoms with Crippen LogP contribution in [0.3, 0.4) is 0 Å². The van der Waals surface area contributed by atoms with Crippen LogP contribution in [0.1, 0.15) is 44.9 Å². The number of nitrogens with one attached hydrogen (secondary N) is 1. The van der Waals surface area contributed by atoms with Crippen LogP contribution < -0.4 is 5.32 Å². The lowest BCUT2D eigenvalue weighted by Crippen LogP contribution is -2.44.